The third-order valence-electron chi connectivity index (χ3n) is 1.27. The van der Waals surface area contributed by atoms with Gasteiger partial charge in [0, 0.05) is 5.69 Å². The van der Waals surface area contributed by atoms with E-state index in [4.69, 9.17) is 5.11 Å². The lowest BCUT2D eigenvalue weighted by atomic mass is 10.3. The molecule has 0 aliphatic rings. The van der Waals surface area contributed by atoms with Crippen LogP contribution in [0.3, 0.4) is 0 Å². The summed E-state index contributed by atoms with van der Waals surface area (Å²) in [6.45, 7) is 0. The molecule has 1 atom stereocenters. The SMILES string of the molecule is O=S=CC(O)Nc1ccccc1. The van der Waals surface area contributed by atoms with E-state index >= 15 is 0 Å². The smallest absolute Gasteiger partial charge is 0.156 e. The molecule has 0 fully saturated rings. The van der Waals surface area contributed by atoms with Crippen LogP contribution in [0, 0.1) is 0 Å². The Morgan fingerprint density at radius 2 is 2.08 bits per heavy atom. The third-order valence-corrected chi connectivity index (χ3v) is 1.64. The fraction of sp³-hybridized carbons (Fsp3) is 0.125. The van der Waals surface area contributed by atoms with E-state index in [0.29, 0.717) is 0 Å². The van der Waals surface area contributed by atoms with E-state index < -0.39 is 6.23 Å². The van der Waals surface area contributed by atoms with Crippen LogP contribution in [0.4, 0.5) is 5.69 Å². The van der Waals surface area contributed by atoms with E-state index in [2.05, 4.69) is 5.32 Å². The van der Waals surface area contributed by atoms with E-state index in [1.54, 1.807) is 0 Å². The molecule has 0 aliphatic heterocycles. The molecule has 1 aromatic rings. The molecule has 0 aliphatic carbocycles. The summed E-state index contributed by atoms with van der Waals surface area (Å²) < 4.78 is 9.99. The highest BCUT2D eigenvalue weighted by Gasteiger charge is 1.96. The molecule has 64 valence electrons. The number of hydrogen-bond acceptors (Lipinski definition) is 3. The van der Waals surface area contributed by atoms with Crippen LogP contribution in [-0.4, -0.2) is 20.9 Å². The van der Waals surface area contributed by atoms with Gasteiger partial charge >= 0.3 is 0 Å². The first kappa shape index (κ1) is 8.96. The van der Waals surface area contributed by atoms with Crippen molar-refractivity contribution >= 4 is 22.3 Å². The van der Waals surface area contributed by atoms with Crippen molar-refractivity contribution < 1.29 is 9.32 Å². The van der Waals surface area contributed by atoms with E-state index in [9.17, 15) is 4.21 Å². The largest absolute Gasteiger partial charge is 0.369 e. The Bertz CT molecular complexity index is 282. The first-order valence-electron chi connectivity index (χ1n) is 3.44. The summed E-state index contributed by atoms with van der Waals surface area (Å²) >= 11 is 0.241. The van der Waals surface area contributed by atoms with E-state index in [0.717, 1.165) is 5.69 Å². The topological polar surface area (TPSA) is 49.3 Å². The molecule has 0 radical (unpaired) electrons. The molecule has 3 nitrogen and oxygen atoms in total. The van der Waals surface area contributed by atoms with Gasteiger partial charge in [-0.3, -0.25) is 0 Å². The highest BCUT2D eigenvalue weighted by atomic mass is 32.1. The van der Waals surface area contributed by atoms with Crippen LogP contribution in [0.1, 0.15) is 0 Å². The van der Waals surface area contributed by atoms with Crippen LogP contribution in [0.15, 0.2) is 30.3 Å². The number of para-hydroxylation sites is 1. The van der Waals surface area contributed by atoms with Crippen molar-refractivity contribution in [3.8, 4) is 0 Å². The number of anilines is 1. The molecular weight excluding hydrogens is 174 g/mol. The van der Waals surface area contributed by atoms with Crippen molar-refractivity contribution in [1.82, 2.24) is 0 Å². The molecule has 0 amide bonds. The van der Waals surface area contributed by atoms with Crippen LogP contribution in [0.25, 0.3) is 0 Å². The lowest BCUT2D eigenvalue weighted by Crippen LogP contribution is -2.19. The van der Waals surface area contributed by atoms with Gasteiger partial charge in [-0.15, -0.1) is 0 Å². The second kappa shape index (κ2) is 4.69. The van der Waals surface area contributed by atoms with Crippen molar-refractivity contribution in [1.29, 1.82) is 0 Å². The Morgan fingerprint density at radius 3 is 2.67 bits per heavy atom. The van der Waals surface area contributed by atoms with Gasteiger partial charge in [-0.2, -0.15) is 0 Å². The average Bonchev–Trinajstić information content (AvgIpc) is 2.06. The normalized spacial score (nSPS) is 11.8. The highest BCUT2D eigenvalue weighted by Crippen LogP contribution is 2.04. The Balaban J connectivity index is 2.58. The molecule has 1 rings (SSSR count). The second-order valence-electron chi connectivity index (χ2n) is 2.19. The van der Waals surface area contributed by atoms with Crippen LogP contribution in [0.5, 0.6) is 0 Å². The number of aliphatic hydroxyl groups is 1. The summed E-state index contributed by atoms with van der Waals surface area (Å²) in [5.41, 5.74) is 0.787. The zero-order valence-electron chi connectivity index (χ0n) is 6.31. The molecule has 0 saturated carbocycles. The zero-order chi connectivity index (χ0) is 8.81. The van der Waals surface area contributed by atoms with Gasteiger partial charge < -0.3 is 10.4 Å². The lowest BCUT2D eigenvalue weighted by Gasteiger charge is -2.07. The van der Waals surface area contributed by atoms with Gasteiger partial charge in [0.05, 0.1) is 16.6 Å². The molecule has 0 saturated heterocycles. The Labute approximate surface area is 74.1 Å². The van der Waals surface area contributed by atoms with Gasteiger partial charge in [0.25, 0.3) is 0 Å². The second-order valence-corrected chi connectivity index (χ2v) is 2.65. The van der Waals surface area contributed by atoms with Crippen molar-refractivity contribution in [2.75, 3.05) is 5.32 Å². The van der Waals surface area contributed by atoms with Crippen molar-refractivity contribution in [3.05, 3.63) is 30.3 Å². The Hall–Kier alpha value is -1.13. The summed E-state index contributed by atoms with van der Waals surface area (Å²) in [6, 6.07) is 9.20. The predicted molar refractivity (Wildman–Crippen MR) is 50.3 cm³/mol. The number of nitrogens with one attached hydrogen (secondary N) is 1. The first-order chi connectivity index (χ1) is 5.83. The van der Waals surface area contributed by atoms with Crippen molar-refractivity contribution in [3.63, 3.8) is 0 Å². The standard InChI is InChI=1S/C8H9NO2S/c10-8(6-12-11)9-7-4-2-1-3-5-7/h1-6,8-10H. The minimum atomic E-state index is -0.894. The highest BCUT2D eigenvalue weighted by molar-refractivity contribution is 7.64. The first-order valence-corrected chi connectivity index (χ1v) is 4.25. The predicted octanol–water partition coefficient (Wildman–Crippen LogP) is 0.432. The average molecular weight is 183 g/mol. The maximum absolute atomic E-state index is 9.99. The molecule has 1 unspecified atom stereocenters. The van der Waals surface area contributed by atoms with Gasteiger partial charge in [0.2, 0.25) is 0 Å². The summed E-state index contributed by atoms with van der Waals surface area (Å²) in [7, 11) is 0. The molecule has 4 heteroatoms. The van der Waals surface area contributed by atoms with Gasteiger partial charge in [-0.1, -0.05) is 18.2 Å². The Kier molecular flexibility index (Phi) is 3.50. The summed E-state index contributed by atoms with van der Waals surface area (Å²) in [6.07, 6.45) is -0.894. The number of aliphatic hydroxyl groups excluding tert-OH is 1. The summed E-state index contributed by atoms with van der Waals surface area (Å²) in [4.78, 5) is 0. The molecule has 0 spiro atoms. The van der Waals surface area contributed by atoms with Gasteiger partial charge in [-0.05, 0) is 12.1 Å². The zero-order valence-corrected chi connectivity index (χ0v) is 7.12. The number of rotatable bonds is 3. The molecule has 12 heavy (non-hydrogen) atoms. The molecule has 0 aromatic heterocycles. The fourth-order valence-electron chi connectivity index (χ4n) is 0.792. The quantitative estimate of drug-likeness (QED) is 0.528. The van der Waals surface area contributed by atoms with Gasteiger partial charge in [0.15, 0.2) is 6.23 Å². The molecular formula is C8H9NO2S. The monoisotopic (exact) mass is 183 g/mol. The number of benzene rings is 1. The summed E-state index contributed by atoms with van der Waals surface area (Å²) in [5, 5.41) is 13.0. The van der Waals surface area contributed by atoms with Crippen LogP contribution >= 0.6 is 0 Å². The molecule has 0 bridgehead atoms. The maximum atomic E-state index is 9.99. The van der Waals surface area contributed by atoms with Crippen LogP contribution < -0.4 is 5.32 Å². The van der Waals surface area contributed by atoms with Gasteiger partial charge in [0.1, 0.15) is 0 Å². The number of hydrogen-bond donors (Lipinski definition) is 2. The minimum absolute atomic E-state index is 0.241. The van der Waals surface area contributed by atoms with Crippen molar-refractivity contribution in [2.24, 2.45) is 0 Å². The van der Waals surface area contributed by atoms with E-state index in [-0.39, 0.29) is 11.3 Å². The molecule has 2 N–H and O–H groups in total. The van der Waals surface area contributed by atoms with E-state index in [1.165, 1.54) is 5.37 Å². The van der Waals surface area contributed by atoms with Crippen LogP contribution in [0.2, 0.25) is 0 Å². The van der Waals surface area contributed by atoms with Crippen LogP contribution in [-0.2, 0) is 11.3 Å². The van der Waals surface area contributed by atoms with E-state index in [1.807, 2.05) is 30.3 Å². The minimum Gasteiger partial charge on any atom is -0.369 e. The third kappa shape index (κ3) is 2.86. The lowest BCUT2D eigenvalue weighted by molar-refractivity contribution is 0.277. The maximum Gasteiger partial charge on any atom is 0.156 e. The van der Waals surface area contributed by atoms with Crippen molar-refractivity contribution in [2.45, 2.75) is 6.23 Å². The fourth-order valence-corrected chi connectivity index (χ4v) is 0.965. The Morgan fingerprint density at radius 1 is 1.42 bits per heavy atom. The summed E-state index contributed by atoms with van der Waals surface area (Å²) in [5.74, 6) is 0. The van der Waals surface area contributed by atoms with Gasteiger partial charge in [-0.25, -0.2) is 4.21 Å². The molecule has 1 aromatic carbocycles. The molecule has 0 heterocycles.